The number of amides is 1. The van der Waals surface area contributed by atoms with E-state index in [2.05, 4.69) is 35.6 Å². The van der Waals surface area contributed by atoms with Gasteiger partial charge in [-0.15, -0.1) is 0 Å². The lowest BCUT2D eigenvalue weighted by atomic mass is 9.97. The highest BCUT2D eigenvalue weighted by molar-refractivity contribution is 7.99. The van der Waals surface area contributed by atoms with Crippen LogP contribution in [0.1, 0.15) is 44.1 Å². The average molecular weight is 498 g/mol. The Morgan fingerprint density at radius 2 is 1.91 bits per heavy atom. The van der Waals surface area contributed by atoms with Gasteiger partial charge in [0.1, 0.15) is 11.9 Å². The van der Waals surface area contributed by atoms with E-state index in [-0.39, 0.29) is 17.2 Å². The fourth-order valence-electron chi connectivity index (χ4n) is 4.47. The van der Waals surface area contributed by atoms with Crippen LogP contribution in [0.25, 0.3) is 10.2 Å². The second-order valence-electron chi connectivity index (χ2n) is 8.75. The molecule has 4 rings (SSSR count). The van der Waals surface area contributed by atoms with E-state index in [0.29, 0.717) is 11.7 Å². The van der Waals surface area contributed by atoms with Crippen molar-refractivity contribution in [2.45, 2.75) is 58.2 Å². The van der Waals surface area contributed by atoms with Crippen LogP contribution in [0.15, 0.2) is 46.4 Å². The van der Waals surface area contributed by atoms with Crippen LogP contribution in [0, 0.1) is 0 Å². The standard InChI is InChI=1S/C26H32N4O2S2/c1-5-29(6-2)19-13-11-18(12-14-19)27-22(31)16-33-26-28-24-23(25(32)30(26)15-17(3)4)20-9-7-8-10-21(20)34-24/h11-14H,3,5-10,15-16H2,1-2,4H3,(H,27,31)/p+1. The summed E-state index contributed by atoms with van der Waals surface area (Å²) in [5, 5.41) is 4.49. The molecule has 1 aliphatic rings. The number of H-pyrrole nitrogens is 1. The van der Waals surface area contributed by atoms with Gasteiger partial charge in [0.15, 0.2) is 4.83 Å². The summed E-state index contributed by atoms with van der Waals surface area (Å²) in [6.07, 6.45) is 4.32. The highest BCUT2D eigenvalue weighted by Crippen LogP contribution is 2.33. The Bertz CT molecular complexity index is 1260. The zero-order valence-electron chi connectivity index (χ0n) is 20.2. The van der Waals surface area contributed by atoms with Crippen LogP contribution in [0.2, 0.25) is 0 Å². The van der Waals surface area contributed by atoms with Crippen molar-refractivity contribution in [3.63, 3.8) is 0 Å². The summed E-state index contributed by atoms with van der Waals surface area (Å²) in [7, 11) is 0. The van der Waals surface area contributed by atoms with Gasteiger partial charge in [0.05, 0.1) is 5.75 Å². The molecule has 0 radical (unpaired) electrons. The number of thioether (sulfide) groups is 1. The van der Waals surface area contributed by atoms with Gasteiger partial charge in [0.2, 0.25) is 5.91 Å². The molecule has 2 aromatic heterocycles. The molecule has 3 aromatic rings. The van der Waals surface area contributed by atoms with E-state index in [9.17, 15) is 9.59 Å². The van der Waals surface area contributed by atoms with Gasteiger partial charge in [-0.05, 0) is 93.6 Å². The number of hydrogen-bond acceptors (Lipinski definition) is 5. The first-order valence-corrected chi connectivity index (χ1v) is 13.7. The summed E-state index contributed by atoms with van der Waals surface area (Å²) >= 11 is 3.05. The number of aromatic nitrogens is 2. The molecule has 0 unspecified atom stereocenters. The van der Waals surface area contributed by atoms with Gasteiger partial charge >= 0.3 is 10.7 Å². The van der Waals surface area contributed by atoms with Gasteiger partial charge in [0, 0.05) is 29.3 Å². The molecule has 0 aliphatic heterocycles. The summed E-state index contributed by atoms with van der Waals surface area (Å²) in [4.78, 5) is 34.2. The number of carbonyl (C=O) groups excluding carboxylic acids is 1. The molecular weight excluding hydrogens is 464 g/mol. The van der Waals surface area contributed by atoms with Crippen LogP contribution >= 0.6 is 23.1 Å². The van der Waals surface area contributed by atoms with Crippen molar-refractivity contribution in [2.24, 2.45) is 0 Å². The average Bonchev–Trinajstić information content (AvgIpc) is 3.20. The van der Waals surface area contributed by atoms with E-state index in [1.807, 2.05) is 31.2 Å². The predicted molar refractivity (Wildman–Crippen MR) is 143 cm³/mol. The van der Waals surface area contributed by atoms with E-state index >= 15 is 0 Å². The number of hydrogen-bond donors (Lipinski definition) is 1. The summed E-state index contributed by atoms with van der Waals surface area (Å²) in [6, 6.07) is 7.92. The number of aromatic amines is 1. The predicted octanol–water partition coefficient (Wildman–Crippen LogP) is 4.91. The van der Waals surface area contributed by atoms with E-state index < -0.39 is 0 Å². The molecular formula is C26H33N4O2S2+. The van der Waals surface area contributed by atoms with E-state index in [1.165, 1.54) is 28.6 Å². The number of nitrogens with zero attached hydrogens (tertiary/aromatic N) is 2. The van der Waals surface area contributed by atoms with Gasteiger partial charge in [-0.2, -0.15) is 4.57 Å². The van der Waals surface area contributed by atoms with Crippen molar-refractivity contribution in [3.05, 3.63) is 57.2 Å². The smallest absolute Gasteiger partial charge is 0.347 e. The lowest BCUT2D eigenvalue weighted by Crippen LogP contribution is -2.31. The molecule has 0 bridgehead atoms. The van der Waals surface area contributed by atoms with Crippen LogP contribution in [0.5, 0.6) is 0 Å². The second kappa shape index (κ2) is 10.8. The Hall–Kier alpha value is -2.58. The molecule has 180 valence electrons. The molecule has 1 aliphatic carbocycles. The number of thiophene rings is 1. The van der Waals surface area contributed by atoms with Gasteiger partial charge in [-0.25, -0.2) is 9.78 Å². The van der Waals surface area contributed by atoms with Crippen molar-refractivity contribution in [3.8, 4) is 0 Å². The Balaban J connectivity index is 1.52. The fourth-order valence-corrected chi connectivity index (χ4v) is 6.64. The largest absolute Gasteiger partial charge is 0.372 e. The summed E-state index contributed by atoms with van der Waals surface area (Å²) in [6.45, 7) is 12.5. The Kier molecular flexibility index (Phi) is 7.78. The number of anilines is 2. The van der Waals surface area contributed by atoms with Crippen molar-refractivity contribution in [2.75, 3.05) is 29.1 Å². The molecule has 2 heterocycles. The number of fused-ring (bicyclic) bond motifs is 3. The lowest BCUT2D eigenvalue weighted by molar-refractivity contribution is -0.404. The van der Waals surface area contributed by atoms with Crippen molar-refractivity contribution in [1.82, 2.24) is 4.57 Å². The van der Waals surface area contributed by atoms with E-state index in [0.717, 1.165) is 59.5 Å². The minimum atomic E-state index is -0.103. The number of benzene rings is 1. The molecule has 0 fully saturated rings. The minimum absolute atomic E-state index is 0.0195. The summed E-state index contributed by atoms with van der Waals surface area (Å²) < 4.78 is 1.74. The van der Waals surface area contributed by atoms with Crippen molar-refractivity contribution >= 4 is 50.6 Å². The third-order valence-corrected chi connectivity index (χ3v) is 8.35. The molecule has 1 amide bonds. The van der Waals surface area contributed by atoms with Gasteiger partial charge in [0.25, 0.3) is 0 Å². The SMILES string of the molecule is C=C(C)Cn1c(SCC(=O)Nc2ccc(N(CC)CC)cc2)[nH+]c2sc3c(c2c1=O)CCCC3. The number of carbonyl (C=O) groups is 1. The molecule has 2 N–H and O–H groups in total. The molecule has 0 atom stereocenters. The maximum Gasteiger partial charge on any atom is 0.347 e. The van der Waals surface area contributed by atoms with Crippen molar-refractivity contribution < 1.29 is 9.78 Å². The minimum Gasteiger partial charge on any atom is -0.372 e. The molecule has 8 heteroatoms. The number of nitrogens with one attached hydrogen (secondary N) is 2. The van der Waals surface area contributed by atoms with Gasteiger partial charge in [-0.1, -0.05) is 17.9 Å². The molecule has 0 spiro atoms. The van der Waals surface area contributed by atoms with E-state index in [4.69, 9.17) is 0 Å². The monoisotopic (exact) mass is 497 g/mol. The Morgan fingerprint density at radius 3 is 2.59 bits per heavy atom. The number of rotatable bonds is 9. The summed E-state index contributed by atoms with van der Waals surface area (Å²) in [5.41, 5.74) is 4.05. The maximum atomic E-state index is 13.5. The van der Waals surface area contributed by atoms with Crippen LogP contribution in [-0.2, 0) is 24.2 Å². The Labute approximate surface area is 209 Å². The quantitative estimate of drug-likeness (QED) is 0.259. The molecule has 0 saturated carbocycles. The second-order valence-corrected chi connectivity index (χ2v) is 10.8. The third-order valence-electron chi connectivity index (χ3n) is 6.14. The first-order chi connectivity index (χ1) is 16.4. The van der Waals surface area contributed by atoms with Crippen LogP contribution < -0.4 is 20.8 Å². The zero-order chi connectivity index (χ0) is 24.2. The van der Waals surface area contributed by atoms with Crippen LogP contribution in [0.4, 0.5) is 11.4 Å². The molecule has 1 aromatic carbocycles. The first-order valence-electron chi connectivity index (χ1n) is 11.9. The maximum absolute atomic E-state index is 13.5. The lowest BCUT2D eigenvalue weighted by Gasteiger charge is -2.21. The van der Waals surface area contributed by atoms with Crippen molar-refractivity contribution in [1.29, 1.82) is 0 Å². The highest BCUT2D eigenvalue weighted by Gasteiger charge is 2.27. The van der Waals surface area contributed by atoms with Crippen LogP contribution in [0.3, 0.4) is 0 Å². The van der Waals surface area contributed by atoms with Gasteiger partial charge < -0.3 is 10.2 Å². The fraction of sp³-hybridized carbons (Fsp3) is 0.423. The number of allylic oxidation sites excluding steroid dienone is 1. The number of aryl methyl sites for hydroxylation is 2. The Morgan fingerprint density at radius 1 is 1.21 bits per heavy atom. The van der Waals surface area contributed by atoms with Gasteiger partial charge in [-0.3, -0.25) is 4.79 Å². The molecule has 6 nitrogen and oxygen atoms in total. The third kappa shape index (κ3) is 5.23. The van der Waals surface area contributed by atoms with Crippen LogP contribution in [-0.4, -0.2) is 29.3 Å². The zero-order valence-corrected chi connectivity index (χ0v) is 21.8. The van der Waals surface area contributed by atoms with E-state index in [1.54, 1.807) is 15.9 Å². The normalized spacial score (nSPS) is 13.0. The highest BCUT2D eigenvalue weighted by atomic mass is 32.2. The topological polar surface area (TPSA) is 68.5 Å². The summed E-state index contributed by atoms with van der Waals surface area (Å²) in [5.74, 6) is 0.106. The molecule has 0 saturated heterocycles. The first kappa shape index (κ1) is 24.5. The molecule has 34 heavy (non-hydrogen) atoms.